The fourth-order valence-electron chi connectivity index (χ4n) is 13.5. The lowest BCUT2D eigenvalue weighted by Crippen LogP contribution is -2.28. The van der Waals surface area contributed by atoms with Crippen molar-refractivity contribution in [1.29, 1.82) is 0 Å². The van der Waals surface area contributed by atoms with Crippen molar-refractivity contribution in [2.45, 2.75) is 18.8 Å². The summed E-state index contributed by atoms with van der Waals surface area (Å²) in [6, 6.07) is 108. The maximum atomic E-state index is 2.55. The van der Waals surface area contributed by atoms with Crippen molar-refractivity contribution in [1.82, 2.24) is 4.57 Å². The third-order valence-electron chi connectivity index (χ3n) is 17.0. The third kappa shape index (κ3) is 7.55. The molecule has 0 saturated carbocycles. The first-order valence-electron chi connectivity index (χ1n) is 28.1. The molecule has 15 rings (SSSR count). The van der Waals surface area contributed by atoms with Crippen LogP contribution < -0.4 is 4.90 Å². The van der Waals surface area contributed by atoms with Gasteiger partial charge in [-0.05, 0) is 132 Å². The summed E-state index contributed by atoms with van der Waals surface area (Å²) in [5, 5.41) is 4.96. The molecular formula is C78H56N2. The Morgan fingerprint density at radius 2 is 0.963 bits per heavy atom. The number of anilines is 2. The van der Waals surface area contributed by atoms with Gasteiger partial charge in [0.2, 0.25) is 0 Å². The Bertz CT molecular complexity index is 4500. The molecule has 12 aromatic carbocycles. The van der Waals surface area contributed by atoms with Crippen LogP contribution in [0, 0.1) is 5.92 Å². The minimum absolute atomic E-state index is 0.330. The van der Waals surface area contributed by atoms with Gasteiger partial charge in [0.25, 0.3) is 0 Å². The maximum Gasteiger partial charge on any atom is 0.0713 e. The monoisotopic (exact) mass is 1020 g/mol. The predicted molar refractivity (Wildman–Crippen MR) is 337 cm³/mol. The molecule has 0 aliphatic heterocycles. The third-order valence-corrected chi connectivity index (χ3v) is 17.0. The quantitative estimate of drug-likeness (QED) is 0.133. The van der Waals surface area contributed by atoms with E-state index in [1.54, 1.807) is 0 Å². The lowest BCUT2D eigenvalue weighted by Gasteiger charge is -2.34. The van der Waals surface area contributed by atoms with Crippen molar-refractivity contribution in [3.8, 4) is 50.2 Å². The zero-order valence-corrected chi connectivity index (χ0v) is 44.5. The Balaban J connectivity index is 0.938. The molecule has 0 N–H and O–H groups in total. The number of para-hydroxylation sites is 3. The van der Waals surface area contributed by atoms with Crippen LogP contribution in [0.5, 0.6) is 0 Å². The van der Waals surface area contributed by atoms with Gasteiger partial charge >= 0.3 is 0 Å². The van der Waals surface area contributed by atoms with E-state index < -0.39 is 5.41 Å². The van der Waals surface area contributed by atoms with Crippen LogP contribution in [0.15, 0.2) is 309 Å². The molecule has 2 aliphatic carbocycles. The van der Waals surface area contributed by atoms with Crippen molar-refractivity contribution in [2.75, 3.05) is 4.90 Å². The van der Waals surface area contributed by atoms with Crippen LogP contribution in [-0.4, -0.2) is 4.57 Å². The van der Waals surface area contributed by atoms with Crippen LogP contribution in [-0.2, 0) is 5.41 Å². The first kappa shape index (κ1) is 47.2. The molecule has 0 spiro atoms. The van der Waals surface area contributed by atoms with Gasteiger partial charge in [0.15, 0.2) is 0 Å². The van der Waals surface area contributed by atoms with Gasteiger partial charge in [-0.2, -0.15) is 0 Å². The molecule has 1 atom stereocenters. The van der Waals surface area contributed by atoms with Gasteiger partial charge in [-0.25, -0.2) is 0 Å². The fourth-order valence-corrected chi connectivity index (χ4v) is 13.5. The molecule has 0 amide bonds. The van der Waals surface area contributed by atoms with Crippen LogP contribution in [0.2, 0.25) is 0 Å². The van der Waals surface area contributed by atoms with Crippen molar-refractivity contribution >= 4 is 49.5 Å². The topological polar surface area (TPSA) is 8.17 Å². The van der Waals surface area contributed by atoms with Crippen LogP contribution in [0.1, 0.15) is 41.2 Å². The van der Waals surface area contributed by atoms with E-state index in [0.29, 0.717) is 5.92 Å². The van der Waals surface area contributed by atoms with E-state index >= 15 is 0 Å². The van der Waals surface area contributed by atoms with E-state index in [0.717, 1.165) is 34.6 Å². The Morgan fingerprint density at radius 3 is 1.71 bits per heavy atom. The second-order valence-electron chi connectivity index (χ2n) is 21.5. The van der Waals surface area contributed by atoms with E-state index in [-0.39, 0.29) is 0 Å². The van der Waals surface area contributed by atoms with E-state index in [1.165, 1.54) is 105 Å². The van der Waals surface area contributed by atoms with Crippen LogP contribution in [0.3, 0.4) is 0 Å². The molecule has 2 aliphatic rings. The van der Waals surface area contributed by atoms with E-state index in [4.69, 9.17) is 0 Å². The highest BCUT2D eigenvalue weighted by Crippen LogP contribution is 2.58. The summed E-state index contributed by atoms with van der Waals surface area (Å²) >= 11 is 0. The number of benzene rings is 12. The molecule has 0 saturated heterocycles. The Kier molecular flexibility index (Phi) is 11.5. The number of allylic oxidation sites excluding steroid dienone is 3. The molecule has 1 unspecified atom stereocenters. The number of aromatic nitrogens is 1. The van der Waals surface area contributed by atoms with Crippen LogP contribution in [0.4, 0.5) is 11.4 Å². The Hall–Kier alpha value is -10.0. The average molecular weight is 1020 g/mol. The van der Waals surface area contributed by atoms with E-state index in [2.05, 4.69) is 320 Å². The van der Waals surface area contributed by atoms with E-state index in [9.17, 15) is 0 Å². The molecule has 13 aromatic rings. The van der Waals surface area contributed by atoms with Gasteiger partial charge in [0.1, 0.15) is 0 Å². The molecule has 2 nitrogen and oxygen atoms in total. The standard InChI is InChI=1S/C78H56N2/c1-53-43-50-74(69(51-53)67-38-21-26-56-25-20-36-63(76(56)67)54-23-6-2-7-24-54)79(72-41-18-15-33-62(72)57-46-49-66-65-34-16-19-42-73(65)80(75(66)52-57)60-31-12-5-13-32-60)61-47-44-55(45-48-61)64-37-22-40-71-77(64)68-35-14-17-39-70(68)78(71,58-27-8-3-9-28-58)59-29-10-4-11-30-59/h2-42,44-53H,43H2,1H3. The molecule has 1 heterocycles. The lowest BCUT2D eigenvalue weighted by atomic mass is 9.67. The number of fused-ring (bicyclic) bond motifs is 7. The summed E-state index contributed by atoms with van der Waals surface area (Å²) in [6.07, 6.45) is 5.94. The van der Waals surface area contributed by atoms with Gasteiger partial charge in [-0.1, -0.05) is 268 Å². The minimum atomic E-state index is -0.487. The SMILES string of the molecule is CC1C=C(c2cccc3cccc(-c4ccccc4)c23)C(N(c2ccc(-c3cccc4c3-c3ccccc3C4(c3ccccc3)c3ccccc3)cc2)c2ccccc2-c2ccc3c4ccccc4n(-c4ccccc4)c3c2)=CC1. The number of hydrogen-bond acceptors (Lipinski definition) is 1. The summed E-state index contributed by atoms with van der Waals surface area (Å²) in [5.74, 6) is 0.330. The van der Waals surface area contributed by atoms with Crippen molar-refractivity contribution in [3.63, 3.8) is 0 Å². The second kappa shape index (κ2) is 19.5. The lowest BCUT2D eigenvalue weighted by molar-refractivity contribution is 0.732. The predicted octanol–water partition coefficient (Wildman–Crippen LogP) is 20.4. The van der Waals surface area contributed by atoms with Gasteiger partial charge in [0, 0.05) is 39.0 Å². The normalized spacial score (nSPS) is 14.4. The number of nitrogens with zero attached hydrogens (tertiary/aromatic N) is 2. The second-order valence-corrected chi connectivity index (χ2v) is 21.5. The summed E-state index contributed by atoms with van der Waals surface area (Å²) in [5.41, 5.74) is 23.7. The molecule has 378 valence electrons. The molecule has 80 heavy (non-hydrogen) atoms. The van der Waals surface area contributed by atoms with Gasteiger partial charge in [-0.15, -0.1) is 0 Å². The Morgan fingerprint density at radius 1 is 0.412 bits per heavy atom. The summed E-state index contributed by atoms with van der Waals surface area (Å²) in [6.45, 7) is 2.35. The molecule has 2 heteroatoms. The molecule has 0 fully saturated rings. The van der Waals surface area contributed by atoms with Crippen LogP contribution in [0.25, 0.3) is 88.3 Å². The van der Waals surface area contributed by atoms with Crippen molar-refractivity contribution in [2.24, 2.45) is 5.92 Å². The first-order valence-corrected chi connectivity index (χ1v) is 28.1. The molecule has 0 bridgehead atoms. The minimum Gasteiger partial charge on any atom is -0.310 e. The average Bonchev–Trinajstić information content (AvgIpc) is 4.16. The maximum absolute atomic E-state index is 2.55. The van der Waals surface area contributed by atoms with Gasteiger partial charge < -0.3 is 9.47 Å². The largest absolute Gasteiger partial charge is 0.310 e. The number of hydrogen-bond donors (Lipinski definition) is 0. The van der Waals surface area contributed by atoms with Gasteiger partial charge in [-0.3, -0.25) is 0 Å². The highest BCUT2D eigenvalue weighted by atomic mass is 15.2. The van der Waals surface area contributed by atoms with Crippen LogP contribution >= 0.6 is 0 Å². The van der Waals surface area contributed by atoms with Gasteiger partial charge in [0.05, 0.1) is 22.1 Å². The van der Waals surface area contributed by atoms with Crippen molar-refractivity contribution in [3.05, 3.63) is 337 Å². The number of rotatable bonds is 10. The van der Waals surface area contributed by atoms with Crippen molar-refractivity contribution < 1.29 is 0 Å². The summed E-state index contributed by atoms with van der Waals surface area (Å²) in [4.78, 5) is 2.55. The zero-order valence-electron chi connectivity index (χ0n) is 44.5. The molecule has 0 radical (unpaired) electrons. The highest BCUT2D eigenvalue weighted by molar-refractivity contribution is 6.11. The smallest absolute Gasteiger partial charge is 0.0713 e. The van der Waals surface area contributed by atoms with E-state index in [1.807, 2.05) is 0 Å². The molecular weight excluding hydrogens is 965 g/mol. The fraction of sp³-hybridized carbons (Fsp3) is 0.0513. The first-order chi connectivity index (χ1) is 39.6. The summed E-state index contributed by atoms with van der Waals surface area (Å²) < 4.78 is 2.42. The Labute approximate surface area is 468 Å². The molecule has 1 aromatic heterocycles. The zero-order chi connectivity index (χ0) is 53.2. The highest BCUT2D eigenvalue weighted by Gasteiger charge is 2.46. The summed E-state index contributed by atoms with van der Waals surface area (Å²) in [7, 11) is 0.